The lowest BCUT2D eigenvalue weighted by Gasteiger charge is -2.15. The van der Waals surface area contributed by atoms with Crippen molar-refractivity contribution in [1.82, 2.24) is 24.4 Å². The molecule has 1 unspecified atom stereocenters. The van der Waals surface area contributed by atoms with Gasteiger partial charge in [0.05, 0.1) is 24.1 Å². The number of aryl methyl sites for hydroxylation is 1. The summed E-state index contributed by atoms with van der Waals surface area (Å²) in [6, 6.07) is 14.2. The maximum absolute atomic E-state index is 4.58. The average molecular weight is 332 g/mol. The van der Waals surface area contributed by atoms with Gasteiger partial charge in [0.1, 0.15) is 5.82 Å². The van der Waals surface area contributed by atoms with Gasteiger partial charge in [-0.1, -0.05) is 25.1 Å². The first-order chi connectivity index (χ1) is 12.2. The van der Waals surface area contributed by atoms with E-state index in [-0.39, 0.29) is 6.04 Å². The predicted molar refractivity (Wildman–Crippen MR) is 98.0 cm³/mol. The molecule has 3 heterocycles. The molecule has 6 nitrogen and oxygen atoms in total. The van der Waals surface area contributed by atoms with E-state index in [1.165, 1.54) is 0 Å². The van der Waals surface area contributed by atoms with Gasteiger partial charge in [-0.25, -0.2) is 9.67 Å². The molecule has 1 aromatic carbocycles. The van der Waals surface area contributed by atoms with E-state index in [4.69, 9.17) is 0 Å². The largest absolute Gasteiger partial charge is 0.363 e. The van der Waals surface area contributed by atoms with Crippen molar-refractivity contribution in [2.75, 3.05) is 5.32 Å². The maximum atomic E-state index is 4.58. The highest BCUT2D eigenvalue weighted by Gasteiger charge is 2.12. The number of hydrogen-bond acceptors (Lipinski definition) is 4. The standard InChI is InChI=1S/C19H20N6/c1-3-16-11-19(25-18(23-16)9-10-20-25)22-14(2)15-12-21-24(13-15)17-7-5-4-6-8-17/h4-14,22H,3H2,1-2H3. The van der Waals surface area contributed by atoms with Crippen molar-refractivity contribution in [3.05, 3.63) is 72.3 Å². The van der Waals surface area contributed by atoms with E-state index >= 15 is 0 Å². The van der Waals surface area contributed by atoms with E-state index in [1.54, 1.807) is 6.20 Å². The summed E-state index contributed by atoms with van der Waals surface area (Å²) in [5.41, 5.74) is 4.06. The van der Waals surface area contributed by atoms with Gasteiger partial charge in [0.25, 0.3) is 0 Å². The van der Waals surface area contributed by atoms with Crippen molar-refractivity contribution >= 4 is 11.5 Å². The van der Waals surface area contributed by atoms with Crippen molar-refractivity contribution in [1.29, 1.82) is 0 Å². The van der Waals surface area contributed by atoms with Crippen LogP contribution in [0.3, 0.4) is 0 Å². The Kier molecular flexibility index (Phi) is 3.93. The second-order valence-corrected chi connectivity index (χ2v) is 6.01. The number of fused-ring (bicyclic) bond motifs is 1. The Morgan fingerprint density at radius 1 is 1.12 bits per heavy atom. The molecule has 0 saturated carbocycles. The van der Waals surface area contributed by atoms with E-state index in [0.29, 0.717) is 0 Å². The van der Waals surface area contributed by atoms with Gasteiger partial charge in [-0.3, -0.25) is 0 Å². The molecular formula is C19H20N6. The fraction of sp³-hybridized carbons (Fsp3) is 0.211. The third-order valence-corrected chi connectivity index (χ3v) is 4.26. The number of hydrogen-bond donors (Lipinski definition) is 1. The van der Waals surface area contributed by atoms with Crippen LogP contribution >= 0.6 is 0 Å². The highest BCUT2D eigenvalue weighted by Crippen LogP contribution is 2.21. The van der Waals surface area contributed by atoms with Gasteiger partial charge < -0.3 is 5.32 Å². The zero-order chi connectivity index (χ0) is 17.2. The number of rotatable bonds is 5. The molecule has 0 aliphatic rings. The van der Waals surface area contributed by atoms with Gasteiger partial charge >= 0.3 is 0 Å². The molecule has 4 rings (SSSR count). The first kappa shape index (κ1) is 15.4. The van der Waals surface area contributed by atoms with Crippen molar-refractivity contribution in [3.63, 3.8) is 0 Å². The van der Waals surface area contributed by atoms with E-state index in [1.807, 2.05) is 51.8 Å². The number of nitrogens with zero attached hydrogens (tertiary/aromatic N) is 5. The van der Waals surface area contributed by atoms with Crippen LogP contribution in [-0.2, 0) is 6.42 Å². The molecule has 0 spiro atoms. The SMILES string of the molecule is CCc1cc(NC(C)c2cnn(-c3ccccc3)c2)n2nccc2n1. The summed E-state index contributed by atoms with van der Waals surface area (Å²) in [7, 11) is 0. The van der Waals surface area contributed by atoms with Crippen LogP contribution < -0.4 is 5.32 Å². The van der Waals surface area contributed by atoms with Crippen molar-refractivity contribution in [3.8, 4) is 5.69 Å². The molecule has 0 aliphatic heterocycles. The Morgan fingerprint density at radius 3 is 2.76 bits per heavy atom. The Hall–Kier alpha value is -3.15. The number of benzene rings is 1. The first-order valence-corrected chi connectivity index (χ1v) is 8.45. The summed E-state index contributed by atoms with van der Waals surface area (Å²) in [6.45, 7) is 4.22. The number of aromatic nitrogens is 5. The lowest BCUT2D eigenvalue weighted by Crippen LogP contribution is -2.11. The predicted octanol–water partition coefficient (Wildman–Crippen LogP) is 3.65. The Labute approximate surface area is 146 Å². The smallest absolute Gasteiger partial charge is 0.157 e. The maximum Gasteiger partial charge on any atom is 0.157 e. The van der Waals surface area contributed by atoms with Crippen LogP contribution in [0, 0.1) is 0 Å². The fourth-order valence-electron chi connectivity index (χ4n) is 2.84. The van der Waals surface area contributed by atoms with E-state index in [2.05, 4.69) is 46.6 Å². The highest BCUT2D eigenvalue weighted by atomic mass is 15.3. The van der Waals surface area contributed by atoms with E-state index in [9.17, 15) is 0 Å². The Morgan fingerprint density at radius 2 is 1.96 bits per heavy atom. The first-order valence-electron chi connectivity index (χ1n) is 8.45. The molecule has 6 heteroatoms. The lowest BCUT2D eigenvalue weighted by atomic mass is 10.2. The number of nitrogens with one attached hydrogen (secondary N) is 1. The van der Waals surface area contributed by atoms with Gasteiger partial charge in [0.2, 0.25) is 0 Å². The monoisotopic (exact) mass is 332 g/mol. The summed E-state index contributed by atoms with van der Waals surface area (Å²) in [5, 5.41) is 12.4. The van der Waals surface area contributed by atoms with Crippen LogP contribution in [0.15, 0.2) is 61.1 Å². The number of anilines is 1. The van der Waals surface area contributed by atoms with Crippen LogP contribution in [-0.4, -0.2) is 24.4 Å². The van der Waals surface area contributed by atoms with Crippen molar-refractivity contribution in [2.24, 2.45) is 0 Å². The van der Waals surface area contributed by atoms with Crippen LogP contribution in [0.1, 0.15) is 31.1 Å². The van der Waals surface area contributed by atoms with Crippen molar-refractivity contribution in [2.45, 2.75) is 26.3 Å². The molecule has 0 aliphatic carbocycles. The topological polar surface area (TPSA) is 60.0 Å². The zero-order valence-electron chi connectivity index (χ0n) is 14.3. The molecule has 0 saturated heterocycles. The lowest BCUT2D eigenvalue weighted by molar-refractivity contribution is 0.831. The quantitative estimate of drug-likeness (QED) is 0.606. The molecule has 0 fully saturated rings. The molecule has 4 aromatic rings. The molecular weight excluding hydrogens is 312 g/mol. The second kappa shape index (κ2) is 6.39. The third-order valence-electron chi connectivity index (χ3n) is 4.26. The van der Waals surface area contributed by atoms with Gasteiger partial charge in [-0.2, -0.15) is 14.7 Å². The summed E-state index contributed by atoms with van der Waals surface area (Å²) in [5.74, 6) is 0.937. The number of para-hydroxylation sites is 1. The van der Waals surface area contributed by atoms with Crippen LogP contribution in [0.4, 0.5) is 5.82 Å². The van der Waals surface area contributed by atoms with Crippen LogP contribution in [0.25, 0.3) is 11.3 Å². The van der Waals surface area contributed by atoms with E-state index < -0.39 is 0 Å². The van der Waals surface area contributed by atoms with Crippen LogP contribution in [0.5, 0.6) is 0 Å². The van der Waals surface area contributed by atoms with Gasteiger partial charge in [0.15, 0.2) is 5.65 Å². The van der Waals surface area contributed by atoms with Gasteiger partial charge in [-0.05, 0) is 25.5 Å². The summed E-state index contributed by atoms with van der Waals surface area (Å²) in [6.07, 6.45) is 6.60. The van der Waals surface area contributed by atoms with Crippen molar-refractivity contribution < 1.29 is 0 Å². The highest BCUT2D eigenvalue weighted by molar-refractivity contribution is 5.50. The Bertz CT molecular complexity index is 986. The van der Waals surface area contributed by atoms with Gasteiger partial charge in [-0.15, -0.1) is 0 Å². The summed E-state index contributed by atoms with van der Waals surface area (Å²) in [4.78, 5) is 4.58. The molecule has 126 valence electrons. The van der Waals surface area contributed by atoms with Gasteiger partial charge in [0, 0.05) is 29.6 Å². The minimum absolute atomic E-state index is 0.0944. The Balaban J connectivity index is 1.61. The summed E-state index contributed by atoms with van der Waals surface area (Å²) < 4.78 is 3.72. The molecule has 0 bridgehead atoms. The molecule has 25 heavy (non-hydrogen) atoms. The van der Waals surface area contributed by atoms with Crippen LogP contribution in [0.2, 0.25) is 0 Å². The minimum atomic E-state index is 0.0944. The molecule has 3 aromatic heterocycles. The molecule has 1 N–H and O–H groups in total. The average Bonchev–Trinajstić information content (AvgIpc) is 3.32. The minimum Gasteiger partial charge on any atom is -0.363 e. The second-order valence-electron chi connectivity index (χ2n) is 6.01. The molecule has 0 amide bonds. The fourth-order valence-corrected chi connectivity index (χ4v) is 2.84. The van der Waals surface area contributed by atoms with E-state index in [0.717, 1.165) is 34.8 Å². The molecule has 0 radical (unpaired) electrons. The summed E-state index contributed by atoms with van der Waals surface area (Å²) >= 11 is 0. The normalized spacial score (nSPS) is 12.4. The zero-order valence-corrected chi connectivity index (χ0v) is 14.3. The third kappa shape index (κ3) is 2.98. The molecule has 1 atom stereocenters.